The minimum Gasteiger partial charge on any atom is -0.317 e. The summed E-state index contributed by atoms with van der Waals surface area (Å²) in [7, 11) is 0. The Labute approximate surface area is 155 Å². The highest BCUT2D eigenvalue weighted by Gasteiger charge is 2.18. The Bertz CT molecular complexity index is 869. The van der Waals surface area contributed by atoms with E-state index >= 15 is 0 Å². The Balaban J connectivity index is 1.36. The first-order valence-corrected chi connectivity index (χ1v) is 9.51. The van der Waals surface area contributed by atoms with Gasteiger partial charge in [-0.15, -0.1) is 11.3 Å². The number of carbonyl (C=O) groups is 1. The maximum Gasteiger partial charge on any atom is 0.247 e. The third kappa shape index (κ3) is 3.97. The number of piperidine rings is 1. The number of nitrogens with zero attached hydrogens (tertiary/aromatic N) is 4. The molecule has 0 unspecified atom stereocenters. The van der Waals surface area contributed by atoms with Gasteiger partial charge in [-0.05, 0) is 31.8 Å². The zero-order valence-corrected chi connectivity index (χ0v) is 15.1. The lowest BCUT2D eigenvalue weighted by atomic mass is 9.97. The summed E-state index contributed by atoms with van der Waals surface area (Å²) in [6, 6.07) is 9.70. The predicted octanol–water partition coefficient (Wildman–Crippen LogP) is 2.51. The van der Waals surface area contributed by atoms with Gasteiger partial charge in [0.15, 0.2) is 11.0 Å². The van der Waals surface area contributed by atoms with Crippen LogP contribution in [0.2, 0.25) is 0 Å². The monoisotopic (exact) mass is 368 g/mol. The molecule has 8 heteroatoms. The Morgan fingerprint density at radius 3 is 2.85 bits per heavy atom. The van der Waals surface area contributed by atoms with Crippen LogP contribution in [0.15, 0.2) is 42.9 Å². The number of amides is 1. The van der Waals surface area contributed by atoms with Gasteiger partial charge in [0.05, 0.1) is 0 Å². The normalized spacial score (nSPS) is 15.1. The molecule has 7 nitrogen and oxygen atoms in total. The zero-order valence-electron chi connectivity index (χ0n) is 14.3. The van der Waals surface area contributed by atoms with Crippen LogP contribution in [-0.4, -0.2) is 38.7 Å². The summed E-state index contributed by atoms with van der Waals surface area (Å²) >= 11 is 1.56. The fraction of sp³-hybridized carbons (Fsp3) is 0.333. The zero-order chi connectivity index (χ0) is 17.8. The van der Waals surface area contributed by atoms with Crippen LogP contribution in [0.4, 0.5) is 5.13 Å². The Kier molecular flexibility index (Phi) is 5.03. The van der Waals surface area contributed by atoms with E-state index in [2.05, 4.69) is 25.7 Å². The number of benzene rings is 1. The molecule has 1 aromatic carbocycles. The molecule has 2 aromatic heterocycles. The summed E-state index contributed by atoms with van der Waals surface area (Å²) in [5.41, 5.74) is 0.929. The van der Waals surface area contributed by atoms with Gasteiger partial charge in [0, 0.05) is 16.6 Å². The minimum absolute atomic E-state index is 0.113. The smallest absolute Gasteiger partial charge is 0.247 e. The van der Waals surface area contributed by atoms with E-state index in [1.807, 2.05) is 36.5 Å². The lowest BCUT2D eigenvalue weighted by Crippen LogP contribution is -2.26. The average Bonchev–Trinajstić information content (AvgIpc) is 3.33. The maximum atomic E-state index is 12.3. The molecule has 1 fully saturated rings. The molecule has 0 saturated carbocycles. The van der Waals surface area contributed by atoms with Crippen LogP contribution < -0.4 is 10.6 Å². The summed E-state index contributed by atoms with van der Waals surface area (Å²) in [5, 5.41) is 11.2. The molecule has 0 aliphatic carbocycles. The molecule has 3 heterocycles. The third-order valence-corrected chi connectivity index (χ3v) is 5.46. The van der Waals surface area contributed by atoms with Gasteiger partial charge >= 0.3 is 0 Å². The van der Waals surface area contributed by atoms with Gasteiger partial charge in [-0.1, -0.05) is 30.3 Å². The lowest BCUT2D eigenvalue weighted by molar-refractivity contribution is -0.116. The van der Waals surface area contributed by atoms with E-state index in [4.69, 9.17) is 0 Å². The molecule has 1 saturated heterocycles. The van der Waals surface area contributed by atoms with Gasteiger partial charge in [0.2, 0.25) is 5.91 Å². The number of thiazole rings is 1. The fourth-order valence-electron chi connectivity index (χ4n) is 3.04. The van der Waals surface area contributed by atoms with E-state index in [1.165, 1.54) is 4.88 Å². The number of nitrogens with one attached hydrogen (secondary N) is 2. The van der Waals surface area contributed by atoms with E-state index in [-0.39, 0.29) is 12.5 Å². The van der Waals surface area contributed by atoms with Crippen molar-refractivity contribution < 1.29 is 4.79 Å². The average molecular weight is 368 g/mol. The van der Waals surface area contributed by atoms with Crippen molar-refractivity contribution in [2.45, 2.75) is 25.3 Å². The van der Waals surface area contributed by atoms with Crippen molar-refractivity contribution >= 4 is 22.4 Å². The van der Waals surface area contributed by atoms with Crippen molar-refractivity contribution in [3.63, 3.8) is 0 Å². The van der Waals surface area contributed by atoms with Crippen LogP contribution in [-0.2, 0) is 11.3 Å². The van der Waals surface area contributed by atoms with Crippen molar-refractivity contribution in [1.29, 1.82) is 0 Å². The van der Waals surface area contributed by atoms with Crippen molar-refractivity contribution in [2.75, 3.05) is 18.4 Å². The molecule has 3 aromatic rings. The molecule has 0 spiro atoms. The van der Waals surface area contributed by atoms with Crippen molar-refractivity contribution in [2.24, 2.45) is 0 Å². The van der Waals surface area contributed by atoms with E-state index in [0.29, 0.717) is 16.9 Å². The second-order valence-electron chi connectivity index (χ2n) is 6.27. The Hall–Kier alpha value is -2.58. The SMILES string of the molecule is O=C(Cn1cnc(-c2ccccc2)n1)Nc1ncc(C2CCNCC2)s1. The van der Waals surface area contributed by atoms with E-state index < -0.39 is 0 Å². The van der Waals surface area contributed by atoms with E-state index in [0.717, 1.165) is 31.5 Å². The highest BCUT2D eigenvalue weighted by atomic mass is 32.1. The molecular formula is C18H20N6OS. The maximum absolute atomic E-state index is 12.3. The van der Waals surface area contributed by atoms with Gasteiger partial charge in [-0.3, -0.25) is 4.79 Å². The van der Waals surface area contributed by atoms with Crippen LogP contribution in [0, 0.1) is 0 Å². The fourth-order valence-corrected chi connectivity index (χ4v) is 4.04. The molecular weight excluding hydrogens is 348 g/mol. The summed E-state index contributed by atoms with van der Waals surface area (Å²) in [5.74, 6) is 1.00. The molecule has 1 aliphatic rings. The molecule has 134 valence electrons. The molecule has 1 amide bonds. The van der Waals surface area contributed by atoms with Gasteiger partial charge in [0.25, 0.3) is 0 Å². The van der Waals surface area contributed by atoms with Crippen LogP contribution in [0.1, 0.15) is 23.6 Å². The highest BCUT2D eigenvalue weighted by molar-refractivity contribution is 7.15. The Morgan fingerprint density at radius 2 is 2.04 bits per heavy atom. The second kappa shape index (κ2) is 7.76. The summed E-state index contributed by atoms with van der Waals surface area (Å²) in [4.78, 5) is 22.1. The van der Waals surface area contributed by atoms with E-state index in [9.17, 15) is 4.79 Å². The molecule has 26 heavy (non-hydrogen) atoms. The first-order valence-electron chi connectivity index (χ1n) is 8.69. The van der Waals surface area contributed by atoms with Gasteiger partial charge in [-0.2, -0.15) is 5.10 Å². The molecule has 0 radical (unpaired) electrons. The number of hydrogen-bond donors (Lipinski definition) is 2. The topological polar surface area (TPSA) is 84.7 Å². The first-order chi connectivity index (χ1) is 12.8. The molecule has 0 bridgehead atoms. The van der Waals surface area contributed by atoms with Crippen LogP contribution in [0.5, 0.6) is 0 Å². The molecule has 0 atom stereocenters. The quantitative estimate of drug-likeness (QED) is 0.723. The summed E-state index contributed by atoms with van der Waals surface area (Å²) < 4.78 is 1.54. The lowest BCUT2D eigenvalue weighted by Gasteiger charge is -2.20. The molecule has 1 aliphatic heterocycles. The van der Waals surface area contributed by atoms with Gasteiger partial charge < -0.3 is 10.6 Å². The van der Waals surface area contributed by atoms with Crippen molar-refractivity contribution in [1.82, 2.24) is 25.1 Å². The minimum atomic E-state index is -0.152. The van der Waals surface area contributed by atoms with E-state index in [1.54, 1.807) is 22.3 Å². The molecule has 2 N–H and O–H groups in total. The van der Waals surface area contributed by atoms with Crippen LogP contribution in [0.25, 0.3) is 11.4 Å². The summed E-state index contributed by atoms with van der Waals surface area (Å²) in [6.45, 7) is 2.20. The van der Waals surface area contributed by atoms with Crippen LogP contribution >= 0.6 is 11.3 Å². The predicted molar refractivity (Wildman–Crippen MR) is 101 cm³/mol. The van der Waals surface area contributed by atoms with Crippen molar-refractivity contribution in [3.8, 4) is 11.4 Å². The number of anilines is 1. The van der Waals surface area contributed by atoms with Crippen LogP contribution in [0.3, 0.4) is 0 Å². The number of aromatic nitrogens is 4. The standard InChI is InChI=1S/C18H20N6OS/c25-16(11-24-12-21-17(23-24)14-4-2-1-3-5-14)22-18-20-10-15(26-18)13-6-8-19-9-7-13/h1-5,10,12-13,19H,6-9,11H2,(H,20,22,25). The number of rotatable bonds is 5. The molecule has 4 rings (SSSR count). The second-order valence-corrected chi connectivity index (χ2v) is 7.33. The van der Waals surface area contributed by atoms with Gasteiger partial charge in [0.1, 0.15) is 12.9 Å². The first kappa shape index (κ1) is 16.9. The number of hydrogen-bond acceptors (Lipinski definition) is 6. The third-order valence-electron chi connectivity index (χ3n) is 4.39. The van der Waals surface area contributed by atoms with Gasteiger partial charge in [-0.25, -0.2) is 14.6 Å². The Morgan fingerprint density at radius 1 is 1.23 bits per heavy atom. The summed E-state index contributed by atoms with van der Waals surface area (Å²) in [6.07, 6.45) is 5.71. The largest absolute Gasteiger partial charge is 0.317 e. The number of carbonyl (C=O) groups excluding carboxylic acids is 1. The highest BCUT2D eigenvalue weighted by Crippen LogP contribution is 2.31. The van der Waals surface area contributed by atoms with Crippen molar-refractivity contribution in [3.05, 3.63) is 47.7 Å².